The van der Waals surface area contributed by atoms with Crippen molar-refractivity contribution in [1.82, 2.24) is 9.88 Å². The average molecular weight is 274 g/mol. The van der Waals surface area contributed by atoms with E-state index in [0.29, 0.717) is 11.8 Å². The number of carbonyl (C=O) groups excluding carboxylic acids is 1. The molecular weight excluding hydrogens is 252 g/mol. The van der Waals surface area contributed by atoms with Gasteiger partial charge in [0, 0.05) is 37.0 Å². The molecule has 20 heavy (non-hydrogen) atoms. The summed E-state index contributed by atoms with van der Waals surface area (Å²) in [5, 5.41) is 0. The van der Waals surface area contributed by atoms with Crippen molar-refractivity contribution in [2.45, 2.75) is 38.8 Å². The first-order valence-electron chi connectivity index (χ1n) is 7.49. The van der Waals surface area contributed by atoms with E-state index in [1.807, 2.05) is 4.90 Å². The van der Waals surface area contributed by atoms with Gasteiger partial charge in [0.1, 0.15) is 0 Å². The molecule has 1 aromatic heterocycles. The highest BCUT2D eigenvalue weighted by atomic mass is 16.5. The Kier molecular flexibility index (Phi) is 3.74. The highest BCUT2D eigenvalue weighted by molar-refractivity contribution is 5.94. The fourth-order valence-electron chi connectivity index (χ4n) is 3.39. The van der Waals surface area contributed by atoms with Crippen LogP contribution in [-0.2, 0) is 4.74 Å². The summed E-state index contributed by atoms with van der Waals surface area (Å²) in [6.45, 7) is 5.96. The molecule has 2 aliphatic rings. The van der Waals surface area contributed by atoms with Gasteiger partial charge in [-0.2, -0.15) is 0 Å². The largest absolute Gasteiger partial charge is 0.375 e. The van der Waals surface area contributed by atoms with Gasteiger partial charge in [0.25, 0.3) is 5.91 Å². The lowest BCUT2D eigenvalue weighted by atomic mass is 10.1. The Balaban J connectivity index is 1.70. The van der Waals surface area contributed by atoms with E-state index in [4.69, 9.17) is 4.74 Å². The Morgan fingerprint density at radius 1 is 1.40 bits per heavy atom. The van der Waals surface area contributed by atoms with E-state index in [9.17, 15) is 4.79 Å². The number of likely N-dealkylation sites (tertiary alicyclic amines) is 1. The lowest BCUT2D eigenvalue weighted by Crippen LogP contribution is -2.40. The lowest BCUT2D eigenvalue weighted by Gasteiger charge is -2.27. The molecule has 1 saturated heterocycles. The van der Waals surface area contributed by atoms with Crippen LogP contribution in [0.15, 0.2) is 24.5 Å². The number of nitrogens with zero attached hydrogens (tertiary/aromatic N) is 2. The summed E-state index contributed by atoms with van der Waals surface area (Å²) in [6.07, 6.45) is 5.85. The van der Waals surface area contributed by atoms with Crippen molar-refractivity contribution in [3.63, 3.8) is 0 Å². The molecule has 1 saturated carbocycles. The highest BCUT2D eigenvalue weighted by Crippen LogP contribution is 2.40. The molecule has 1 aliphatic heterocycles. The van der Waals surface area contributed by atoms with E-state index in [1.165, 1.54) is 6.42 Å². The lowest BCUT2D eigenvalue weighted by molar-refractivity contribution is 0.0130. The first-order valence-corrected chi connectivity index (χ1v) is 7.49. The zero-order valence-electron chi connectivity index (χ0n) is 12.2. The van der Waals surface area contributed by atoms with Gasteiger partial charge in [0.05, 0.1) is 12.1 Å². The first kappa shape index (κ1) is 13.6. The number of rotatable bonds is 4. The van der Waals surface area contributed by atoms with Crippen molar-refractivity contribution in [2.75, 3.05) is 13.2 Å². The van der Waals surface area contributed by atoms with Crippen molar-refractivity contribution in [1.29, 1.82) is 0 Å². The number of aromatic nitrogens is 1. The van der Waals surface area contributed by atoms with E-state index in [1.54, 1.807) is 24.5 Å². The summed E-state index contributed by atoms with van der Waals surface area (Å²) >= 11 is 0. The number of amides is 1. The zero-order valence-corrected chi connectivity index (χ0v) is 12.2. The minimum absolute atomic E-state index is 0.123. The summed E-state index contributed by atoms with van der Waals surface area (Å²) in [6, 6.07) is 3.84. The predicted octanol–water partition coefficient (Wildman–Crippen LogP) is 2.36. The molecule has 2 heterocycles. The second kappa shape index (κ2) is 5.52. The third kappa shape index (κ3) is 2.44. The molecule has 1 amide bonds. The summed E-state index contributed by atoms with van der Waals surface area (Å²) in [5.74, 6) is 1.18. The van der Waals surface area contributed by atoms with Gasteiger partial charge >= 0.3 is 0 Å². The van der Waals surface area contributed by atoms with Gasteiger partial charge in [-0.15, -0.1) is 0 Å². The number of carbonyl (C=O) groups is 1. The van der Waals surface area contributed by atoms with Gasteiger partial charge < -0.3 is 9.64 Å². The molecule has 4 nitrogen and oxygen atoms in total. The van der Waals surface area contributed by atoms with E-state index < -0.39 is 0 Å². The molecule has 0 spiro atoms. The number of hydrogen-bond donors (Lipinski definition) is 0. The third-order valence-electron chi connectivity index (χ3n) is 4.32. The predicted molar refractivity (Wildman–Crippen MR) is 76.4 cm³/mol. The fourth-order valence-corrected chi connectivity index (χ4v) is 3.39. The SMILES string of the molecule is CC(C)CO[C@@H]1[C@H]2CC[C@H]1N(C(=O)c1ccncc1)C2. The van der Waals surface area contributed by atoms with Gasteiger partial charge in [-0.05, 0) is 30.9 Å². The number of ether oxygens (including phenoxy) is 1. The van der Waals surface area contributed by atoms with Crippen LogP contribution in [0.3, 0.4) is 0 Å². The smallest absolute Gasteiger partial charge is 0.254 e. The highest BCUT2D eigenvalue weighted by Gasteiger charge is 2.49. The Hall–Kier alpha value is -1.42. The topological polar surface area (TPSA) is 42.4 Å². The minimum Gasteiger partial charge on any atom is -0.375 e. The van der Waals surface area contributed by atoms with Crippen molar-refractivity contribution in [3.8, 4) is 0 Å². The van der Waals surface area contributed by atoms with Crippen molar-refractivity contribution < 1.29 is 9.53 Å². The van der Waals surface area contributed by atoms with Crippen LogP contribution < -0.4 is 0 Å². The molecule has 108 valence electrons. The summed E-state index contributed by atoms with van der Waals surface area (Å²) in [7, 11) is 0. The summed E-state index contributed by atoms with van der Waals surface area (Å²) < 4.78 is 6.06. The molecule has 0 radical (unpaired) electrons. The molecule has 0 unspecified atom stereocenters. The van der Waals surface area contributed by atoms with Gasteiger partial charge in [-0.3, -0.25) is 9.78 Å². The third-order valence-corrected chi connectivity index (χ3v) is 4.32. The normalized spacial score (nSPS) is 28.4. The Bertz CT molecular complexity index is 475. The van der Waals surface area contributed by atoms with Crippen LogP contribution in [0.2, 0.25) is 0 Å². The van der Waals surface area contributed by atoms with Gasteiger partial charge in [-0.1, -0.05) is 13.8 Å². The van der Waals surface area contributed by atoms with E-state index >= 15 is 0 Å². The molecular formula is C16H22N2O2. The number of hydrogen-bond acceptors (Lipinski definition) is 3. The molecule has 3 atom stereocenters. The van der Waals surface area contributed by atoms with E-state index in [-0.39, 0.29) is 18.1 Å². The van der Waals surface area contributed by atoms with E-state index in [0.717, 1.165) is 25.1 Å². The standard InChI is InChI=1S/C16H22N2O2/c1-11(2)10-20-15-13-3-4-14(15)18(9-13)16(19)12-5-7-17-8-6-12/h5-8,11,13-15H,3-4,9-10H2,1-2H3/t13-,14+,15+/m0/s1. The Morgan fingerprint density at radius 2 is 2.15 bits per heavy atom. The van der Waals surface area contributed by atoms with Gasteiger partial charge in [-0.25, -0.2) is 0 Å². The maximum Gasteiger partial charge on any atom is 0.254 e. The van der Waals surface area contributed by atoms with Crippen LogP contribution in [0.4, 0.5) is 0 Å². The zero-order chi connectivity index (χ0) is 14.1. The molecule has 0 N–H and O–H groups in total. The summed E-state index contributed by atoms with van der Waals surface area (Å²) in [5.41, 5.74) is 0.732. The molecule has 4 heteroatoms. The second-order valence-corrected chi connectivity index (χ2v) is 6.29. The maximum atomic E-state index is 12.6. The fraction of sp³-hybridized carbons (Fsp3) is 0.625. The van der Waals surface area contributed by atoms with E-state index in [2.05, 4.69) is 18.8 Å². The Morgan fingerprint density at radius 3 is 2.85 bits per heavy atom. The van der Waals surface area contributed by atoms with Crippen LogP contribution in [0.1, 0.15) is 37.0 Å². The van der Waals surface area contributed by atoms with Crippen LogP contribution >= 0.6 is 0 Å². The maximum absolute atomic E-state index is 12.6. The van der Waals surface area contributed by atoms with Crippen LogP contribution in [-0.4, -0.2) is 41.1 Å². The van der Waals surface area contributed by atoms with Crippen molar-refractivity contribution in [3.05, 3.63) is 30.1 Å². The number of fused-ring (bicyclic) bond motifs is 2. The first-order chi connectivity index (χ1) is 9.66. The Labute approximate surface area is 120 Å². The van der Waals surface area contributed by atoms with Crippen molar-refractivity contribution in [2.24, 2.45) is 11.8 Å². The van der Waals surface area contributed by atoms with Gasteiger partial charge in [0.2, 0.25) is 0 Å². The van der Waals surface area contributed by atoms with Crippen LogP contribution in [0.5, 0.6) is 0 Å². The molecule has 1 aliphatic carbocycles. The monoisotopic (exact) mass is 274 g/mol. The quantitative estimate of drug-likeness (QED) is 0.846. The van der Waals surface area contributed by atoms with Crippen LogP contribution in [0, 0.1) is 11.8 Å². The summed E-state index contributed by atoms with van der Waals surface area (Å²) in [4.78, 5) is 18.5. The molecule has 2 fully saturated rings. The number of piperidine rings is 1. The molecule has 3 rings (SSSR count). The van der Waals surface area contributed by atoms with Gasteiger partial charge in [0.15, 0.2) is 0 Å². The van der Waals surface area contributed by atoms with Crippen LogP contribution in [0.25, 0.3) is 0 Å². The molecule has 0 aromatic carbocycles. The minimum atomic E-state index is 0.123. The molecule has 2 bridgehead atoms. The number of pyridine rings is 1. The van der Waals surface area contributed by atoms with Crippen molar-refractivity contribution >= 4 is 5.91 Å². The molecule has 1 aromatic rings. The average Bonchev–Trinajstić information content (AvgIpc) is 3.02. The second-order valence-electron chi connectivity index (χ2n) is 6.29.